The standard InChI is InChI=1S/C3H8S5/c4-1-3(5)2-7-8-6/h3-6H,1-2H2. The molecular formula is C3H8S5. The normalized spacial score (nSPS) is 13.9. The quantitative estimate of drug-likeness (QED) is 0.475. The van der Waals surface area contributed by atoms with Gasteiger partial charge in [-0.15, -0.1) is 0 Å². The van der Waals surface area contributed by atoms with Crippen molar-refractivity contribution in [2.45, 2.75) is 5.25 Å². The Kier molecular flexibility index (Phi) is 8.37. The Morgan fingerprint density at radius 3 is 2.50 bits per heavy atom. The maximum absolute atomic E-state index is 4.22. The lowest BCUT2D eigenvalue weighted by Crippen LogP contribution is -2.01. The van der Waals surface area contributed by atoms with Crippen molar-refractivity contribution in [1.29, 1.82) is 0 Å². The van der Waals surface area contributed by atoms with Gasteiger partial charge in [-0.2, -0.15) is 25.3 Å². The molecule has 0 spiro atoms. The lowest BCUT2D eigenvalue weighted by Gasteiger charge is -2.01. The van der Waals surface area contributed by atoms with E-state index >= 15 is 0 Å². The second-order valence-corrected chi connectivity index (χ2v) is 5.50. The van der Waals surface area contributed by atoms with Crippen LogP contribution in [-0.4, -0.2) is 16.8 Å². The first-order valence-electron chi connectivity index (χ1n) is 2.03. The van der Waals surface area contributed by atoms with Crippen LogP contribution in [0.25, 0.3) is 0 Å². The van der Waals surface area contributed by atoms with Crippen LogP contribution in [0.5, 0.6) is 0 Å². The summed E-state index contributed by atoms with van der Waals surface area (Å²) in [5, 5.41) is 0.406. The van der Waals surface area contributed by atoms with E-state index in [2.05, 4.69) is 36.9 Å². The van der Waals surface area contributed by atoms with Crippen molar-refractivity contribution in [3.63, 3.8) is 0 Å². The van der Waals surface area contributed by atoms with Crippen molar-refractivity contribution in [3.05, 3.63) is 0 Å². The smallest absolute Gasteiger partial charge is 0.0204 e. The zero-order valence-corrected chi connectivity index (χ0v) is 8.47. The minimum absolute atomic E-state index is 0.406. The average molecular weight is 204 g/mol. The maximum Gasteiger partial charge on any atom is 0.0204 e. The third-order valence-corrected chi connectivity index (χ3v) is 4.18. The van der Waals surface area contributed by atoms with Crippen LogP contribution in [0.3, 0.4) is 0 Å². The fraction of sp³-hybridized carbons (Fsp3) is 1.00. The Morgan fingerprint density at radius 1 is 1.50 bits per heavy atom. The van der Waals surface area contributed by atoms with Gasteiger partial charge in [0.05, 0.1) is 0 Å². The molecule has 0 heterocycles. The van der Waals surface area contributed by atoms with Crippen LogP contribution >= 0.6 is 57.5 Å². The molecule has 0 saturated carbocycles. The molecule has 50 valence electrons. The third kappa shape index (κ3) is 5.88. The summed E-state index contributed by atoms with van der Waals surface area (Å²) in [7, 11) is 3.17. The van der Waals surface area contributed by atoms with Gasteiger partial charge in [-0.05, 0) is 9.83 Å². The zero-order valence-electron chi connectivity index (χ0n) is 4.15. The number of hydrogen-bond acceptors (Lipinski definition) is 5. The molecular weight excluding hydrogens is 196 g/mol. The highest BCUT2D eigenvalue weighted by atomic mass is 33.5. The maximum atomic E-state index is 4.22. The molecule has 0 amide bonds. The SMILES string of the molecule is SCC(S)CSSS. The highest BCUT2D eigenvalue weighted by Gasteiger charge is 1.97. The summed E-state index contributed by atoms with van der Waals surface area (Å²) < 4.78 is 0. The fourth-order valence-electron chi connectivity index (χ4n) is 0.162. The first-order valence-corrected chi connectivity index (χ1v) is 6.55. The van der Waals surface area contributed by atoms with E-state index < -0.39 is 0 Å². The summed E-state index contributed by atoms with van der Waals surface area (Å²) in [6.45, 7) is 0. The molecule has 0 aliphatic carbocycles. The van der Waals surface area contributed by atoms with E-state index in [4.69, 9.17) is 0 Å². The van der Waals surface area contributed by atoms with Crippen LogP contribution in [0.2, 0.25) is 0 Å². The summed E-state index contributed by atoms with van der Waals surface area (Å²) in [4.78, 5) is 0. The Hall–Kier alpha value is 1.75. The van der Waals surface area contributed by atoms with Crippen LogP contribution in [0.4, 0.5) is 0 Å². The van der Waals surface area contributed by atoms with Gasteiger partial charge in [-0.3, -0.25) is 0 Å². The Morgan fingerprint density at radius 2 is 2.12 bits per heavy atom. The fourth-order valence-corrected chi connectivity index (χ4v) is 2.55. The monoisotopic (exact) mass is 204 g/mol. The second kappa shape index (κ2) is 6.86. The molecule has 0 aliphatic heterocycles. The molecule has 1 unspecified atom stereocenters. The molecule has 0 N–H and O–H groups in total. The van der Waals surface area contributed by atoms with E-state index in [0.29, 0.717) is 5.25 Å². The lowest BCUT2D eigenvalue weighted by atomic mass is 10.6. The molecule has 5 heteroatoms. The minimum atomic E-state index is 0.406. The van der Waals surface area contributed by atoms with Crippen LogP contribution in [0.15, 0.2) is 0 Å². The molecule has 8 heavy (non-hydrogen) atoms. The highest BCUT2D eigenvalue weighted by molar-refractivity contribution is 9.05. The van der Waals surface area contributed by atoms with E-state index in [1.165, 1.54) is 9.83 Å². The summed E-state index contributed by atoms with van der Waals surface area (Å²) in [5.41, 5.74) is 0. The predicted molar refractivity (Wildman–Crippen MR) is 55.7 cm³/mol. The van der Waals surface area contributed by atoms with Crippen LogP contribution in [0.1, 0.15) is 0 Å². The first kappa shape index (κ1) is 9.75. The second-order valence-electron chi connectivity index (χ2n) is 1.20. The van der Waals surface area contributed by atoms with Crippen molar-refractivity contribution in [2.24, 2.45) is 0 Å². The van der Waals surface area contributed by atoms with E-state index in [1.54, 1.807) is 10.8 Å². The Labute approximate surface area is 74.0 Å². The van der Waals surface area contributed by atoms with Crippen LogP contribution in [0, 0.1) is 0 Å². The van der Waals surface area contributed by atoms with E-state index in [9.17, 15) is 0 Å². The number of thiol groups is 3. The largest absolute Gasteiger partial charge is 0.178 e. The predicted octanol–water partition coefficient (Wildman–Crippen LogP) is 2.44. The summed E-state index contributed by atoms with van der Waals surface area (Å²) >= 11 is 12.2. The zero-order chi connectivity index (χ0) is 6.41. The van der Waals surface area contributed by atoms with Crippen LogP contribution in [-0.2, 0) is 0 Å². The average Bonchev–Trinajstić information content (AvgIpc) is 1.83. The molecule has 0 fully saturated rings. The number of rotatable bonds is 4. The van der Waals surface area contributed by atoms with Gasteiger partial charge in [-0.25, -0.2) is 0 Å². The molecule has 0 aromatic rings. The van der Waals surface area contributed by atoms with Gasteiger partial charge in [0.25, 0.3) is 0 Å². The van der Waals surface area contributed by atoms with Gasteiger partial charge >= 0.3 is 0 Å². The molecule has 0 saturated heterocycles. The van der Waals surface area contributed by atoms with Crippen molar-refractivity contribution in [1.82, 2.24) is 0 Å². The van der Waals surface area contributed by atoms with Crippen molar-refractivity contribution in [2.75, 3.05) is 11.5 Å². The van der Waals surface area contributed by atoms with Crippen molar-refractivity contribution >= 4 is 57.5 Å². The van der Waals surface area contributed by atoms with Crippen molar-refractivity contribution in [3.8, 4) is 0 Å². The van der Waals surface area contributed by atoms with E-state index in [-0.39, 0.29) is 0 Å². The van der Waals surface area contributed by atoms with E-state index in [1.807, 2.05) is 0 Å². The van der Waals surface area contributed by atoms with Gasteiger partial charge in [-0.1, -0.05) is 22.5 Å². The number of hydrogen-bond donors (Lipinski definition) is 3. The topological polar surface area (TPSA) is 0 Å². The van der Waals surface area contributed by atoms with E-state index in [0.717, 1.165) is 11.5 Å². The summed E-state index contributed by atoms with van der Waals surface area (Å²) in [6.07, 6.45) is 0. The molecule has 0 nitrogen and oxygen atoms in total. The highest BCUT2D eigenvalue weighted by Crippen LogP contribution is 2.26. The first-order chi connectivity index (χ1) is 3.81. The van der Waals surface area contributed by atoms with Crippen molar-refractivity contribution < 1.29 is 0 Å². The molecule has 0 aromatic carbocycles. The molecule has 0 bridgehead atoms. The molecule has 0 rings (SSSR count). The Bertz CT molecular complexity index is 46.9. The Balaban J connectivity index is 2.86. The molecule has 0 radical (unpaired) electrons. The molecule has 0 aromatic heterocycles. The van der Waals surface area contributed by atoms with Gasteiger partial charge in [0.15, 0.2) is 0 Å². The molecule has 1 atom stereocenters. The summed E-state index contributed by atoms with van der Waals surface area (Å²) in [5.74, 6) is 1.85. The van der Waals surface area contributed by atoms with Gasteiger partial charge in [0.2, 0.25) is 0 Å². The van der Waals surface area contributed by atoms with Gasteiger partial charge in [0, 0.05) is 16.8 Å². The molecule has 0 aliphatic rings. The van der Waals surface area contributed by atoms with Crippen LogP contribution < -0.4 is 0 Å². The third-order valence-electron chi connectivity index (χ3n) is 0.524. The van der Waals surface area contributed by atoms with Gasteiger partial charge < -0.3 is 0 Å². The van der Waals surface area contributed by atoms with Gasteiger partial charge in [0.1, 0.15) is 0 Å². The lowest BCUT2D eigenvalue weighted by molar-refractivity contribution is 1.17. The summed E-state index contributed by atoms with van der Waals surface area (Å²) in [6, 6.07) is 0. The minimum Gasteiger partial charge on any atom is -0.178 e.